The number of thiophene rings is 1. The number of carbonyl (C=O) groups is 1. The Morgan fingerprint density at radius 3 is 3.20 bits per heavy atom. The summed E-state index contributed by atoms with van der Waals surface area (Å²) in [5.41, 5.74) is 1.28. The zero-order chi connectivity index (χ0) is 14.1. The fraction of sp³-hybridized carbons (Fsp3) is 0.462. The SMILES string of the molecule is O=CC(Cl)CNC1CCc2c(sc3ncnc(Cl)c23)C1. The quantitative estimate of drug-likeness (QED) is 0.532. The van der Waals surface area contributed by atoms with Gasteiger partial charge in [0, 0.05) is 17.5 Å². The molecular weight excluding hydrogens is 317 g/mol. The zero-order valence-electron chi connectivity index (χ0n) is 10.6. The number of alkyl halides is 1. The Bertz CT molecular complexity index is 646. The van der Waals surface area contributed by atoms with Crippen LogP contribution in [0.25, 0.3) is 10.2 Å². The van der Waals surface area contributed by atoms with Gasteiger partial charge in [0.25, 0.3) is 0 Å². The first-order valence-electron chi connectivity index (χ1n) is 6.42. The Morgan fingerprint density at radius 2 is 2.40 bits per heavy atom. The van der Waals surface area contributed by atoms with Crippen molar-refractivity contribution in [3.8, 4) is 0 Å². The van der Waals surface area contributed by atoms with Crippen molar-refractivity contribution < 1.29 is 4.79 Å². The van der Waals surface area contributed by atoms with Crippen LogP contribution in [0.15, 0.2) is 6.33 Å². The van der Waals surface area contributed by atoms with E-state index >= 15 is 0 Å². The minimum absolute atomic E-state index is 0.350. The molecule has 2 aromatic heterocycles. The molecule has 0 aliphatic heterocycles. The van der Waals surface area contributed by atoms with E-state index in [1.54, 1.807) is 11.3 Å². The van der Waals surface area contributed by atoms with Gasteiger partial charge in [-0.2, -0.15) is 0 Å². The monoisotopic (exact) mass is 329 g/mol. The van der Waals surface area contributed by atoms with Crippen LogP contribution in [0, 0.1) is 0 Å². The molecule has 106 valence electrons. The van der Waals surface area contributed by atoms with Gasteiger partial charge >= 0.3 is 0 Å². The Morgan fingerprint density at radius 1 is 1.55 bits per heavy atom. The Kier molecular flexibility index (Phi) is 4.21. The first kappa shape index (κ1) is 14.2. The Balaban J connectivity index is 1.80. The van der Waals surface area contributed by atoms with Crippen molar-refractivity contribution in [1.82, 2.24) is 15.3 Å². The summed E-state index contributed by atoms with van der Waals surface area (Å²) in [4.78, 5) is 21.2. The predicted molar refractivity (Wildman–Crippen MR) is 81.9 cm³/mol. The van der Waals surface area contributed by atoms with Crippen molar-refractivity contribution >= 4 is 51.0 Å². The molecule has 4 nitrogen and oxygen atoms in total. The average molecular weight is 330 g/mol. The molecule has 0 saturated heterocycles. The maximum atomic E-state index is 10.5. The highest BCUT2D eigenvalue weighted by Crippen LogP contribution is 2.37. The molecule has 2 atom stereocenters. The molecule has 0 radical (unpaired) electrons. The van der Waals surface area contributed by atoms with E-state index in [-0.39, 0.29) is 0 Å². The molecule has 2 unspecified atom stereocenters. The third-order valence-electron chi connectivity index (χ3n) is 3.55. The van der Waals surface area contributed by atoms with Crippen LogP contribution < -0.4 is 5.32 Å². The maximum Gasteiger partial charge on any atom is 0.141 e. The van der Waals surface area contributed by atoms with Crippen LogP contribution in [0.4, 0.5) is 0 Å². The number of hydrogen-bond donors (Lipinski definition) is 1. The highest BCUT2D eigenvalue weighted by molar-refractivity contribution is 7.19. The number of aromatic nitrogens is 2. The van der Waals surface area contributed by atoms with Crippen molar-refractivity contribution in [2.75, 3.05) is 6.54 Å². The van der Waals surface area contributed by atoms with E-state index in [2.05, 4.69) is 15.3 Å². The normalized spacial score (nSPS) is 19.8. The van der Waals surface area contributed by atoms with Gasteiger partial charge in [0.15, 0.2) is 0 Å². The number of aryl methyl sites for hydroxylation is 1. The topological polar surface area (TPSA) is 54.9 Å². The van der Waals surface area contributed by atoms with E-state index in [0.717, 1.165) is 35.8 Å². The molecule has 0 aromatic carbocycles. The van der Waals surface area contributed by atoms with Gasteiger partial charge in [-0.1, -0.05) is 11.6 Å². The maximum absolute atomic E-state index is 10.5. The van der Waals surface area contributed by atoms with Crippen LogP contribution in [-0.4, -0.2) is 34.2 Å². The molecule has 0 amide bonds. The molecule has 3 rings (SSSR count). The number of halogens is 2. The summed E-state index contributed by atoms with van der Waals surface area (Å²) >= 11 is 13.7. The molecule has 0 fully saturated rings. The first-order chi connectivity index (χ1) is 9.69. The minimum atomic E-state index is -0.459. The summed E-state index contributed by atoms with van der Waals surface area (Å²) in [7, 11) is 0. The Hall–Kier alpha value is -0.750. The third-order valence-corrected chi connectivity index (χ3v) is 5.25. The van der Waals surface area contributed by atoms with E-state index in [9.17, 15) is 4.79 Å². The highest BCUT2D eigenvalue weighted by atomic mass is 35.5. The molecule has 0 saturated carbocycles. The average Bonchev–Trinajstić information content (AvgIpc) is 2.83. The second-order valence-electron chi connectivity index (χ2n) is 4.85. The first-order valence-corrected chi connectivity index (χ1v) is 8.05. The second-order valence-corrected chi connectivity index (χ2v) is 6.85. The van der Waals surface area contributed by atoms with Gasteiger partial charge in [0.1, 0.15) is 28.0 Å². The van der Waals surface area contributed by atoms with Gasteiger partial charge in [0.2, 0.25) is 0 Å². The lowest BCUT2D eigenvalue weighted by molar-refractivity contribution is -0.107. The number of nitrogens with one attached hydrogen (secondary N) is 1. The molecule has 1 aliphatic rings. The largest absolute Gasteiger partial charge is 0.312 e. The van der Waals surface area contributed by atoms with Crippen LogP contribution in [0.5, 0.6) is 0 Å². The van der Waals surface area contributed by atoms with Crippen molar-refractivity contribution in [3.05, 3.63) is 21.9 Å². The number of carbonyl (C=O) groups excluding carboxylic acids is 1. The smallest absolute Gasteiger partial charge is 0.141 e. The van der Waals surface area contributed by atoms with Crippen molar-refractivity contribution in [1.29, 1.82) is 0 Å². The van der Waals surface area contributed by atoms with E-state index in [4.69, 9.17) is 23.2 Å². The van der Waals surface area contributed by atoms with Crippen molar-refractivity contribution in [3.63, 3.8) is 0 Å². The molecule has 20 heavy (non-hydrogen) atoms. The number of fused-ring (bicyclic) bond motifs is 3. The summed E-state index contributed by atoms with van der Waals surface area (Å²) in [6, 6.07) is 0.350. The molecule has 0 spiro atoms. The van der Waals surface area contributed by atoms with Crippen molar-refractivity contribution in [2.24, 2.45) is 0 Å². The van der Waals surface area contributed by atoms with Crippen LogP contribution in [-0.2, 0) is 17.6 Å². The van der Waals surface area contributed by atoms with E-state index < -0.39 is 5.38 Å². The third kappa shape index (κ3) is 2.68. The summed E-state index contributed by atoms with van der Waals surface area (Å²) in [5.74, 6) is 0. The van der Waals surface area contributed by atoms with Gasteiger partial charge in [-0.15, -0.1) is 22.9 Å². The summed E-state index contributed by atoms with van der Waals surface area (Å²) < 4.78 is 0. The molecule has 2 aromatic rings. The predicted octanol–water partition coefficient (Wildman–Crippen LogP) is 2.60. The van der Waals surface area contributed by atoms with Crippen LogP contribution in [0.2, 0.25) is 5.15 Å². The summed E-state index contributed by atoms with van der Waals surface area (Å²) in [6.45, 7) is 0.510. The lowest BCUT2D eigenvalue weighted by Crippen LogP contribution is -2.37. The van der Waals surface area contributed by atoms with Gasteiger partial charge in [-0.3, -0.25) is 0 Å². The number of nitrogens with zero attached hydrogens (tertiary/aromatic N) is 2. The number of hydrogen-bond acceptors (Lipinski definition) is 5. The van der Waals surface area contributed by atoms with Crippen molar-refractivity contribution in [2.45, 2.75) is 30.7 Å². The molecule has 2 heterocycles. The molecule has 7 heteroatoms. The highest BCUT2D eigenvalue weighted by Gasteiger charge is 2.24. The number of aldehydes is 1. The van der Waals surface area contributed by atoms with Gasteiger partial charge in [0.05, 0.1) is 5.39 Å². The molecule has 1 N–H and O–H groups in total. The second kappa shape index (κ2) is 5.93. The molecule has 1 aliphatic carbocycles. The van der Waals surface area contributed by atoms with Crippen LogP contribution in [0.3, 0.4) is 0 Å². The van der Waals surface area contributed by atoms with Gasteiger partial charge in [-0.05, 0) is 24.8 Å². The lowest BCUT2D eigenvalue weighted by Gasteiger charge is -2.23. The molecule has 0 bridgehead atoms. The number of rotatable bonds is 4. The lowest BCUT2D eigenvalue weighted by atomic mass is 9.93. The zero-order valence-corrected chi connectivity index (χ0v) is 12.9. The summed E-state index contributed by atoms with van der Waals surface area (Å²) in [6.07, 6.45) is 5.15. The van der Waals surface area contributed by atoms with Crippen LogP contribution >= 0.6 is 34.5 Å². The summed E-state index contributed by atoms with van der Waals surface area (Å²) in [5, 5.41) is 4.44. The standard InChI is InChI=1S/C13H13Cl2N3OS/c14-7(5-19)4-16-8-1-2-9-10(3-8)20-13-11(9)12(15)17-6-18-13/h5-8,16H,1-4H2. The minimum Gasteiger partial charge on any atom is -0.312 e. The van der Waals surface area contributed by atoms with Gasteiger partial charge in [-0.25, -0.2) is 9.97 Å². The fourth-order valence-electron chi connectivity index (χ4n) is 2.57. The fourth-order valence-corrected chi connectivity index (χ4v) is 4.23. The van der Waals surface area contributed by atoms with Crippen LogP contribution in [0.1, 0.15) is 16.9 Å². The van der Waals surface area contributed by atoms with E-state index in [1.807, 2.05) is 0 Å². The Labute approximate surface area is 130 Å². The van der Waals surface area contributed by atoms with E-state index in [0.29, 0.717) is 17.7 Å². The molecular formula is C13H13Cl2N3OS. The van der Waals surface area contributed by atoms with Gasteiger partial charge < -0.3 is 10.1 Å². The van der Waals surface area contributed by atoms with E-state index in [1.165, 1.54) is 16.8 Å².